The number of rotatable bonds is 7. The Balaban J connectivity index is 1.51. The first-order chi connectivity index (χ1) is 17.1. The Morgan fingerprint density at radius 1 is 1.03 bits per heavy atom. The molecule has 0 atom stereocenters. The van der Waals surface area contributed by atoms with Crippen LogP contribution in [0.1, 0.15) is 36.7 Å². The number of ether oxygens (including phenoxy) is 1. The molecule has 0 radical (unpaired) electrons. The Kier molecular flexibility index (Phi) is 7.05. The van der Waals surface area contributed by atoms with Gasteiger partial charge in [-0.2, -0.15) is 0 Å². The predicted molar refractivity (Wildman–Crippen MR) is 144 cm³/mol. The molecule has 0 aliphatic heterocycles. The smallest absolute Gasteiger partial charge is 0.251 e. The van der Waals surface area contributed by atoms with Gasteiger partial charge in [-0.15, -0.1) is 0 Å². The number of pyridine rings is 1. The van der Waals surface area contributed by atoms with Gasteiger partial charge >= 0.3 is 0 Å². The molecule has 0 spiro atoms. The highest BCUT2D eigenvalue weighted by Crippen LogP contribution is 2.30. The van der Waals surface area contributed by atoms with Gasteiger partial charge in [0.15, 0.2) is 0 Å². The van der Waals surface area contributed by atoms with Crippen molar-refractivity contribution in [3.63, 3.8) is 0 Å². The second kappa shape index (κ2) is 10.2. The summed E-state index contributed by atoms with van der Waals surface area (Å²) in [4.78, 5) is 27.7. The Bertz CT molecular complexity index is 1390. The van der Waals surface area contributed by atoms with Gasteiger partial charge in [-0.05, 0) is 60.4 Å². The average Bonchev–Trinajstić information content (AvgIpc) is 2.84. The van der Waals surface area contributed by atoms with E-state index in [1.807, 2.05) is 62.3 Å². The SMILES string of the molecule is Cc1cc(Nc2ncnc3cnc(N(C)C)cc23)ccc1Oc1cccc(C(=O)NCC(C)(C)C)c1. The van der Waals surface area contributed by atoms with Gasteiger partial charge in [0.25, 0.3) is 5.91 Å². The fourth-order valence-electron chi connectivity index (χ4n) is 3.55. The zero-order valence-corrected chi connectivity index (χ0v) is 21.6. The van der Waals surface area contributed by atoms with Crippen LogP contribution in [0.25, 0.3) is 10.9 Å². The van der Waals surface area contributed by atoms with Crippen LogP contribution in [0, 0.1) is 12.3 Å². The van der Waals surface area contributed by atoms with E-state index in [9.17, 15) is 4.79 Å². The van der Waals surface area contributed by atoms with Crippen molar-refractivity contribution >= 4 is 34.1 Å². The monoisotopic (exact) mass is 484 g/mol. The van der Waals surface area contributed by atoms with Gasteiger partial charge in [0.05, 0.1) is 11.7 Å². The summed E-state index contributed by atoms with van der Waals surface area (Å²) in [7, 11) is 3.89. The molecule has 1 amide bonds. The zero-order valence-electron chi connectivity index (χ0n) is 21.6. The number of hydrogen-bond acceptors (Lipinski definition) is 7. The van der Waals surface area contributed by atoms with Crippen molar-refractivity contribution in [1.29, 1.82) is 0 Å². The number of nitrogens with one attached hydrogen (secondary N) is 2. The number of carbonyl (C=O) groups is 1. The van der Waals surface area contributed by atoms with Gasteiger partial charge in [-0.1, -0.05) is 26.8 Å². The largest absolute Gasteiger partial charge is 0.457 e. The zero-order chi connectivity index (χ0) is 25.9. The topological polar surface area (TPSA) is 92.3 Å². The molecule has 0 unspecified atom stereocenters. The van der Waals surface area contributed by atoms with Crippen LogP contribution in [-0.2, 0) is 0 Å². The molecular weight excluding hydrogens is 452 g/mol. The van der Waals surface area contributed by atoms with Crippen LogP contribution in [0.3, 0.4) is 0 Å². The second-order valence-corrected chi connectivity index (χ2v) is 10.2. The lowest BCUT2D eigenvalue weighted by Gasteiger charge is -2.18. The number of carbonyl (C=O) groups excluding carboxylic acids is 1. The summed E-state index contributed by atoms with van der Waals surface area (Å²) >= 11 is 0. The van der Waals surface area contributed by atoms with Crippen molar-refractivity contribution < 1.29 is 9.53 Å². The third kappa shape index (κ3) is 6.07. The van der Waals surface area contributed by atoms with Crippen molar-refractivity contribution in [1.82, 2.24) is 20.3 Å². The molecule has 0 aliphatic carbocycles. The van der Waals surface area contributed by atoms with Crippen LogP contribution < -0.4 is 20.3 Å². The van der Waals surface area contributed by atoms with E-state index < -0.39 is 0 Å². The van der Waals surface area contributed by atoms with Gasteiger partial charge < -0.3 is 20.3 Å². The van der Waals surface area contributed by atoms with Crippen molar-refractivity contribution in [2.75, 3.05) is 30.9 Å². The molecule has 2 aromatic carbocycles. The summed E-state index contributed by atoms with van der Waals surface area (Å²) < 4.78 is 6.12. The Labute approximate surface area is 211 Å². The molecule has 2 heterocycles. The molecular formula is C28H32N6O2. The second-order valence-electron chi connectivity index (χ2n) is 10.2. The number of hydrogen-bond donors (Lipinski definition) is 2. The predicted octanol–water partition coefficient (Wildman–Crippen LogP) is 5.71. The first kappa shape index (κ1) is 24.9. The number of anilines is 3. The number of benzene rings is 2. The summed E-state index contributed by atoms with van der Waals surface area (Å²) in [5.74, 6) is 2.73. The maximum Gasteiger partial charge on any atom is 0.251 e. The van der Waals surface area contributed by atoms with Crippen LogP contribution in [0.2, 0.25) is 0 Å². The fourth-order valence-corrected chi connectivity index (χ4v) is 3.55. The van der Waals surface area contributed by atoms with Crippen molar-refractivity contribution in [2.24, 2.45) is 5.41 Å². The van der Waals surface area contributed by atoms with Crippen molar-refractivity contribution in [3.05, 3.63) is 72.2 Å². The molecule has 0 saturated carbocycles. The third-order valence-electron chi connectivity index (χ3n) is 5.51. The number of fused-ring (bicyclic) bond motifs is 1. The number of aryl methyl sites for hydroxylation is 1. The van der Waals surface area contributed by atoms with E-state index in [1.165, 1.54) is 6.33 Å². The van der Waals surface area contributed by atoms with Gasteiger partial charge in [0.2, 0.25) is 0 Å². The maximum atomic E-state index is 12.5. The van der Waals surface area contributed by atoms with Gasteiger partial charge in [-0.3, -0.25) is 4.79 Å². The fraction of sp³-hybridized carbons (Fsp3) is 0.286. The molecule has 2 aromatic heterocycles. The minimum absolute atomic E-state index is 0.0141. The number of nitrogens with zero attached hydrogens (tertiary/aromatic N) is 4. The van der Waals surface area contributed by atoms with Crippen LogP contribution in [-0.4, -0.2) is 41.5 Å². The van der Waals surface area contributed by atoms with Gasteiger partial charge in [-0.25, -0.2) is 15.0 Å². The summed E-state index contributed by atoms with van der Waals surface area (Å²) in [6.45, 7) is 8.82. The minimum Gasteiger partial charge on any atom is -0.457 e. The highest BCUT2D eigenvalue weighted by Gasteiger charge is 2.14. The first-order valence-corrected chi connectivity index (χ1v) is 11.8. The van der Waals surface area contributed by atoms with E-state index in [0.717, 1.165) is 28.0 Å². The Hall–Kier alpha value is -4.20. The number of aromatic nitrogens is 3. The normalized spacial score (nSPS) is 11.3. The molecule has 0 aliphatic rings. The maximum absolute atomic E-state index is 12.5. The number of amides is 1. The Morgan fingerprint density at radius 3 is 2.56 bits per heavy atom. The molecule has 0 saturated heterocycles. The lowest BCUT2D eigenvalue weighted by atomic mass is 9.97. The molecule has 8 nitrogen and oxygen atoms in total. The van der Waals surface area contributed by atoms with Gasteiger partial charge in [0.1, 0.15) is 29.5 Å². The lowest BCUT2D eigenvalue weighted by Crippen LogP contribution is -2.32. The molecule has 0 fully saturated rings. The minimum atomic E-state index is -0.114. The van der Waals surface area contributed by atoms with E-state index in [2.05, 4.69) is 46.4 Å². The molecule has 36 heavy (non-hydrogen) atoms. The average molecular weight is 485 g/mol. The van der Waals surface area contributed by atoms with Crippen molar-refractivity contribution in [2.45, 2.75) is 27.7 Å². The molecule has 186 valence electrons. The highest BCUT2D eigenvalue weighted by atomic mass is 16.5. The third-order valence-corrected chi connectivity index (χ3v) is 5.51. The van der Waals surface area contributed by atoms with E-state index in [-0.39, 0.29) is 11.3 Å². The first-order valence-electron chi connectivity index (χ1n) is 11.8. The molecule has 4 aromatic rings. The molecule has 0 bridgehead atoms. The molecule has 2 N–H and O–H groups in total. The quantitative estimate of drug-likeness (QED) is 0.347. The van der Waals surface area contributed by atoms with Crippen LogP contribution in [0.5, 0.6) is 11.5 Å². The molecule has 8 heteroatoms. The van der Waals surface area contributed by atoms with E-state index in [4.69, 9.17) is 4.74 Å². The van der Waals surface area contributed by atoms with E-state index >= 15 is 0 Å². The van der Waals surface area contributed by atoms with E-state index in [0.29, 0.717) is 29.4 Å². The van der Waals surface area contributed by atoms with Gasteiger partial charge in [0, 0.05) is 37.3 Å². The molecule has 4 rings (SSSR count). The summed E-state index contributed by atoms with van der Waals surface area (Å²) in [6.07, 6.45) is 3.27. The summed E-state index contributed by atoms with van der Waals surface area (Å²) in [5, 5.41) is 7.25. The van der Waals surface area contributed by atoms with Crippen LogP contribution in [0.4, 0.5) is 17.3 Å². The van der Waals surface area contributed by atoms with E-state index in [1.54, 1.807) is 18.3 Å². The summed E-state index contributed by atoms with van der Waals surface area (Å²) in [5.41, 5.74) is 3.16. The highest BCUT2D eigenvalue weighted by molar-refractivity contribution is 5.94. The van der Waals surface area contributed by atoms with Crippen LogP contribution >= 0.6 is 0 Å². The van der Waals surface area contributed by atoms with Crippen LogP contribution in [0.15, 0.2) is 61.1 Å². The summed E-state index contributed by atoms with van der Waals surface area (Å²) in [6, 6.07) is 15.0. The Morgan fingerprint density at radius 2 is 1.83 bits per heavy atom. The lowest BCUT2D eigenvalue weighted by molar-refractivity contribution is 0.0939. The van der Waals surface area contributed by atoms with Crippen molar-refractivity contribution in [3.8, 4) is 11.5 Å². The standard InChI is InChI=1S/C28H32N6O2/c1-18-12-20(33-26-22-14-25(34(5)6)29-15-23(22)31-17-32-26)10-11-24(18)36-21-9-7-8-19(13-21)27(35)30-16-28(2,3)4/h7-15,17H,16H2,1-6H3,(H,30,35)(H,31,32,33).